The van der Waals surface area contributed by atoms with Crippen molar-refractivity contribution in [1.29, 1.82) is 0 Å². The number of halogens is 6. The summed E-state index contributed by atoms with van der Waals surface area (Å²) in [6, 6.07) is 0. The molecule has 96 valence electrons. The first-order valence-corrected chi connectivity index (χ1v) is 14.2. The van der Waals surface area contributed by atoms with Crippen molar-refractivity contribution in [2.75, 3.05) is 0 Å². The average molecular weight is 419 g/mol. The molecular weight excluding hydrogens is 419 g/mol. The summed E-state index contributed by atoms with van der Waals surface area (Å²) >= 11 is 9.21. The zero-order chi connectivity index (χ0) is 12.7. The van der Waals surface area contributed by atoms with E-state index in [-0.39, 0.29) is 0 Å². The lowest BCUT2D eigenvalue weighted by molar-refractivity contribution is 0.399. The lowest BCUT2D eigenvalue weighted by atomic mass is 18.6. The van der Waals surface area contributed by atoms with E-state index in [0.29, 0.717) is 0 Å². The minimum Gasteiger partial charge on any atom is -0.0849 e. The highest BCUT2D eigenvalue weighted by Gasteiger charge is 2.61. The van der Waals surface area contributed by atoms with E-state index in [4.69, 9.17) is 0 Å². The molecule has 15 heavy (non-hydrogen) atoms. The van der Waals surface area contributed by atoms with Gasteiger partial charge in [-0.05, 0) is 0 Å². The lowest BCUT2D eigenvalue weighted by Crippen LogP contribution is -1.89. The van der Waals surface area contributed by atoms with Crippen molar-refractivity contribution in [3.63, 3.8) is 0 Å². The molecule has 0 nitrogen and oxygen atoms in total. The molecule has 0 aromatic carbocycles. The Labute approximate surface area is 114 Å². The maximum Gasteiger partial charge on any atom is 0.361 e. The largest absolute Gasteiger partial charge is 0.361 e. The van der Waals surface area contributed by atoms with Crippen LogP contribution in [0.5, 0.6) is 0 Å². The fourth-order valence-electron chi connectivity index (χ4n) is 0.0454. The van der Waals surface area contributed by atoms with Crippen molar-refractivity contribution < 1.29 is 19.4 Å². The van der Waals surface area contributed by atoms with Gasteiger partial charge in [0.2, 0.25) is 0 Å². The Kier molecular flexibility index (Phi) is 8.85. The summed E-state index contributed by atoms with van der Waals surface area (Å²) in [6.45, 7) is 0. The van der Waals surface area contributed by atoms with Crippen LogP contribution in [0.4, 0.5) is 19.4 Å². The minimum atomic E-state index is -9.50. The second kappa shape index (κ2) is 6.84. The summed E-state index contributed by atoms with van der Waals surface area (Å²) in [5.41, 5.74) is 0. The van der Waals surface area contributed by atoms with Gasteiger partial charge in [-0.15, -0.1) is 0 Å². The highest BCUT2D eigenvalue weighted by Crippen LogP contribution is 3.01. The van der Waals surface area contributed by atoms with Crippen molar-refractivity contribution >= 4 is 95.8 Å². The van der Waals surface area contributed by atoms with E-state index in [1.54, 1.807) is 35.5 Å². The summed E-state index contributed by atoms with van der Waals surface area (Å²) in [5, 5.41) is 0. The second-order valence-corrected chi connectivity index (χ2v) is 15.4. The zero-order valence-electron chi connectivity index (χ0n) is 5.94. The predicted molar refractivity (Wildman–Crippen MR) is 77.9 cm³/mol. The fraction of sp³-hybridized carbons (Fsp3) is 0. The molecule has 0 amide bonds. The van der Waals surface area contributed by atoms with E-state index in [1.807, 2.05) is 0 Å². The molecule has 0 fully saturated rings. The molecule has 0 bridgehead atoms. The van der Waals surface area contributed by atoms with Crippen LogP contribution in [-0.4, -0.2) is 0 Å². The second-order valence-electron chi connectivity index (χ2n) is 1.28. The van der Waals surface area contributed by atoms with Crippen LogP contribution in [0.15, 0.2) is 0 Å². The third-order valence-corrected chi connectivity index (χ3v) is 11.2. The van der Waals surface area contributed by atoms with Gasteiger partial charge in [-0.3, -0.25) is 0 Å². The molecule has 0 rings (SSSR count). The molecule has 0 aromatic rings. The standard InChI is InChI=1S/ClF5S.S8/c1-7(2,3,4,5)6;1-3-5-7-8-6-4-2. The van der Waals surface area contributed by atoms with Crippen LogP contribution < -0.4 is 0 Å². The number of hydrogen-bond acceptors (Lipinski definition) is 2. The molecule has 15 heteroatoms. The summed E-state index contributed by atoms with van der Waals surface area (Å²) in [6.07, 6.45) is 0. The molecular formula is ClF5S9. The van der Waals surface area contributed by atoms with E-state index in [2.05, 4.69) is 33.1 Å². The van der Waals surface area contributed by atoms with Crippen LogP contribution in [0.2, 0.25) is 0 Å². The van der Waals surface area contributed by atoms with E-state index in [9.17, 15) is 19.4 Å². The van der Waals surface area contributed by atoms with Gasteiger partial charge in [-0.2, -0.15) is 0 Å². The maximum atomic E-state index is 10.3. The van der Waals surface area contributed by atoms with Gasteiger partial charge in [0, 0.05) is 75.7 Å². The number of rotatable bonds is 0. The van der Waals surface area contributed by atoms with Gasteiger partial charge in [0.1, 0.15) is 0 Å². The van der Waals surface area contributed by atoms with Crippen LogP contribution in [0.25, 0.3) is 0 Å². The van der Waals surface area contributed by atoms with E-state index < -0.39 is 9.44 Å². The van der Waals surface area contributed by atoms with Crippen molar-refractivity contribution in [3.05, 3.63) is 0 Å². The Morgan fingerprint density at radius 2 is 0.933 bits per heavy atom. The molecule has 0 unspecified atom stereocenters. The van der Waals surface area contributed by atoms with Gasteiger partial charge in [-0.25, -0.2) is 0 Å². The van der Waals surface area contributed by atoms with Gasteiger partial charge in [0.25, 0.3) is 0 Å². The third kappa shape index (κ3) is 63.7. The minimum absolute atomic E-state index is 1.34. The Bertz CT molecular complexity index is 390. The van der Waals surface area contributed by atoms with Gasteiger partial charge >= 0.3 is 9.44 Å². The van der Waals surface area contributed by atoms with Crippen molar-refractivity contribution in [2.45, 2.75) is 0 Å². The summed E-state index contributed by atoms with van der Waals surface area (Å²) in [4.78, 5) is 0. The Hall–Kier alpha value is 2.05. The fourth-order valence-corrected chi connectivity index (χ4v) is 11.0. The highest BCUT2D eigenvalue weighted by atomic mass is 35.7. The summed E-state index contributed by atoms with van der Waals surface area (Å²) in [5.74, 6) is 0. The van der Waals surface area contributed by atoms with Gasteiger partial charge in [-0.1, -0.05) is 19.4 Å². The van der Waals surface area contributed by atoms with Crippen LogP contribution in [0, 0.1) is 0 Å². The lowest BCUT2D eigenvalue weighted by Gasteiger charge is -2.31. The molecule has 0 N–H and O–H groups in total. The van der Waals surface area contributed by atoms with Crippen molar-refractivity contribution in [1.82, 2.24) is 0 Å². The van der Waals surface area contributed by atoms with E-state index in [0.717, 1.165) is 0 Å². The van der Waals surface area contributed by atoms with Crippen LogP contribution in [-0.2, 0) is 75.7 Å². The molecule has 0 saturated carbocycles. The topological polar surface area (TPSA) is 0 Å². The van der Waals surface area contributed by atoms with Gasteiger partial charge < -0.3 is 0 Å². The SMILES string of the molecule is FS(F)(F)(F)(F)Cl.S=S=S=S=S=S=S=S. The Morgan fingerprint density at radius 3 is 1.07 bits per heavy atom. The molecule has 0 aliphatic carbocycles. The monoisotopic (exact) mass is 418 g/mol. The van der Waals surface area contributed by atoms with Gasteiger partial charge in [0.15, 0.2) is 0 Å². The first kappa shape index (κ1) is 19.4. The van der Waals surface area contributed by atoms with E-state index in [1.165, 1.54) is 17.8 Å². The molecule has 0 aliphatic rings. The highest BCUT2D eigenvalue weighted by molar-refractivity contribution is 8.70. The molecule has 0 aliphatic heterocycles. The van der Waals surface area contributed by atoms with Crippen LogP contribution >= 0.6 is 20.1 Å². The average Bonchev–Trinajstić information content (AvgIpc) is 1.92. The maximum absolute atomic E-state index is 10.3. The molecule has 0 heterocycles. The van der Waals surface area contributed by atoms with E-state index >= 15 is 0 Å². The van der Waals surface area contributed by atoms with Crippen molar-refractivity contribution in [2.24, 2.45) is 0 Å². The predicted octanol–water partition coefficient (Wildman–Crippen LogP) is 3.42. The number of hydrogen-bond donors (Lipinski definition) is 0. The summed E-state index contributed by atoms with van der Waals surface area (Å²) < 4.78 is 51.4. The van der Waals surface area contributed by atoms with Gasteiger partial charge in [0.05, 0.1) is 10.7 Å². The molecule has 0 saturated heterocycles. The normalized spacial score (nSPS) is 14.3. The third-order valence-electron chi connectivity index (χ3n) is 0.139. The first-order chi connectivity index (χ1) is 6.36. The van der Waals surface area contributed by atoms with Crippen molar-refractivity contribution in [3.8, 4) is 0 Å². The molecule has 0 aromatic heterocycles. The molecule has 0 radical (unpaired) electrons. The summed E-state index contributed by atoms with van der Waals surface area (Å²) in [7, 11) is 2.45. The smallest absolute Gasteiger partial charge is 0.0849 e. The zero-order valence-corrected chi connectivity index (χ0v) is 14.0. The van der Waals surface area contributed by atoms with Crippen LogP contribution in [0.3, 0.4) is 0 Å². The Balaban J connectivity index is 0. The quantitative estimate of drug-likeness (QED) is 0.553. The first-order valence-electron chi connectivity index (χ1n) is 2.09. The molecule has 0 atom stereocenters. The molecule has 0 spiro atoms. The Morgan fingerprint density at radius 1 is 0.733 bits per heavy atom. The van der Waals surface area contributed by atoms with Crippen LogP contribution in [0.1, 0.15) is 0 Å².